The summed E-state index contributed by atoms with van der Waals surface area (Å²) >= 11 is 0. The molecule has 1 aromatic heterocycles. The Balaban J connectivity index is 2.83. The van der Waals surface area contributed by atoms with Crippen molar-refractivity contribution < 1.29 is 14.7 Å². The van der Waals surface area contributed by atoms with Gasteiger partial charge in [-0.15, -0.1) is 5.10 Å². The zero-order valence-corrected chi connectivity index (χ0v) is 10.8. The van der Waals surface area contributed by atoms with Crippen molar-refractivity contribution in [3.63, 3.8) is 0 Å². The van der Waals surface area contributed by atoms with Crippen LogP contribution in [0, 0.1) is 5.92 Å². The Bertz CT molecular complexity index is 439. The van der Waals surface area contributed by atoms with Gasteiger partial charge in [-0.1, -0.05) is 19.1 Å². The molecule has 7 heteroatoms. The van der Waals surface area contributed by atoms with Crippen molar-refractivity contribution in [2.45, 2.75) is 33.7 Å². The highest BCUT2D eigenvalue weighted by Gasteiger charge is 2.19. The SMILES string of the molecule is CC(=O)NCCn1nnc(C(=O)O)c1CC(C)C. The lowest BCUT2D eigenvalue weighted by atomic mass is 10.1. The first-order chi connectivity index (χ1) is 8.41. The summed E-state index contributed by atoms with van der Waals surface area (Å²) in [6.45, 7) is 6.25. The van der Waals surface area contributed by atoms with E-state index in [1.54, 1.807) is 4.68 Å². The van der Waals surface area contributed by atoms with Crippen LogP contribution < -0.4 is 5.32 Å². The van der Waals surface area contributed by atoms with Gasteiger partial charge in [0.1, 0.15) is 0 Å². The number of aromatic nitrogens is 3. The summed E-state index contributed by atoms with van der Waals surface area (Å²) in [6, 6.07) is 0. The lowest BCUT2D eigenvalue weighted by Gasteiger charge is -2.09. The number of carboxylic acid groups (broad SMARTS) is 1. The molecule has 0 aromatic carbocycles. The van der Waals surface area contributed by atoms with Crippen LogP contribution in [0.1, 0.15) is 37.0 Å². The Labute approximate surface area is 105 Å². The number of amides is 1. The van der Waals surface area contributed by atoms with Gasteiger partial charge in [0.05, 0.1) is 12.2 Å². The number of carboxylic acids is 1. The maximum Gasteiger partial charge on any atom is 0.358 e. The van der Waals surface area contributed by atoms with E-state index in [2.05, 4.69) is 15.6 Å². The van der Waals surface area contributed by atoms with Gasteiger partial charge in [-0.3, -0.25) is 4.79 Å². The Morgan fingerprint density at radius 3 is 2.61 bits per heavy atom. The summed E-state index contributed by atoms with van der Waals surface area (Å²) in [5.41, 5.74) is 0.592. The van der Waals surface area contributed by atoms with Crippen LogP contribution in [-0.2, 0) is 17.8 Å². The Morgan fingerprint density at radius 1 is 1.44 bits per heavy atom. The van der Waals surface area contributed by atoms with E-state index in [0.29, 0.717) is 31.1 Å². The van der Waals surface area contributed by atoms with Crippen LogP contribution in [0.15, 0.2) is 0 Å². The first kappa shape index (κ1) is 14.1. The molecule has 1 amide bonds. The number of hydrogen-bond acceptors (Lipinski definition) is 4. The standard InChI is InChI=1S/C11H18N4O3/c1-7(2)6-9-10(11(17)18)13-14-15(9)5-4-12-8(3)16/h7H,4-6H2,1-3H3,(H,12,16)(H,17,18). The second-order valence-corrected chi connectivity index (χ2v) is 4.49. The van der Waals surface area contributed by atoms with E-state index in [4.69, 9.17) is 5.11 Å². The predicted octanol–water partition coefficient (Wildman–Crippen LogP) is 0.311. The van der Waals surface area contributed by atoms with Gasteiger partial charge in [-0.25, -0.2) is 9.48 Å². The van der Waals surface area contributed by atoms with Gasteiger partial charge in [0.15, 0.2) is 5.69 Å². The van der Waals surface area contributed by atoms with Gasteiger partial charge in [0.2, 0.25) is 5.91 Å². The van der Waals surface area contributed by atoms with Gasteiger partial charge >= 0.3 is 5.97 Å². The van der Waals surface area contributed by atoms with Crippen LogP contribution >= 0.6 is 0 Å². The average molecular weight is 254 g/mol. The predicted molar refractivity (Wildman–Crippen MR) is 64.2 cm³/mol. The van der Waals surface area contributed by atoms with Crippen LogP contribution in [0.5, 0.6) is 0 Å². The molecule has 2 N–H and O–H groups in total. The lowest BCUT2D eigenvalue weighted by molar-refractivity contribution is -0.119. The van der Waals surface area contributed by atoms with E-state index in [1.807, 2.05) is 13.8 Å². The normalized spacial score (nSPS) is 10.7. The van der Waals surface area contributed by atoms with Crippen molar-refractivity contribution >= 4 is 11.9 Å². The van der Waals surface area contributed by atoms with E-state index >= 15 is 0 Å². The first-order valence-corrected chi connectivity index (χ1v) is 5.82. The van der Waals surface area contributed by atoms with Gasteiger partial charge < -0.3 is 10.4 Å². The Kier molecular flexibility index (Phi) is 4.82. The third-order valence-corrected chi connectivity index (χ3v) is 2.34. The fraction of sp³-hybridized carbons (Fsp3) is 0.636. The molecule has 0 spiro atoms. The minimum atomic E-state index is -1.07. The number of aromatic carboxylic acids is 1. The molecule has 1 aromatic rings. The molecular formula is C11H18N4O3. The largest absolute Gasteiger partial charge is 0.476 e. The van der Waals surface area contributed by atoms with Crippen LogP contribution in [-0.4, -0.2) is 38.5 Å². The number of rotatable bonds is 6. The molecular weight excluding hydrogens is 236 g/mol. The summed E-state index contributed by atoms with van der Waals surface area (Å²) in [4.78, 5) is 21.8. The number of nitrogens with zero attached hydrogens (tertiary/aromatic N) is 3. The van der Waals surface area contributed by atoms with E-state index in [-0.39, 0.29) is 11.6 Å². The highest BCUT2D eigenvalue weighted by molar-refractivity contribution is 5.86. The summed E-state index contributed by atoms with van der Waals surface area (Å²) in [7, 11) is 0. The van der Waals surface area contributed by atoms with E-state index in [1.165, 1.54) is 6.92 Å². The molecule has 0 saturated carbocycles. The maximum atomic E-state index is 11.0. The van der Waals surface area contributed by atoms with Gasteiger partial charge in [0.25, 0.3) is 0 Å². The van der Waals surface area contributed by atoms with E-state index in [0.717, 1.165) is 0 Å². The number of carbonyl (C=O) groups is 2. The summed E-state index contributed by atoms with van der Waals surface area (Å²) < 4.78 is 1.54. The fourth-order valence-corrected chi connectivity index (χ4v) is 1.61. The van der Waals surface area contributed by atoms with Gasteiger partial charge in [-0.05, 0) is 12.3 Å². The summed E-state index contributed by atoms with van der Waals surface area (Å²) in [5.74, 6) is -0.892. The van der Waals surface area contributed by atoms with Crippen molar-refractivity contribution in [1.29, 1.82) is 0 Å². The number of carbonyl (C=O) groups excluding carboxylic acids is 1. The zero-order valence-electron chi connectivity index (χ0n) is 10.8. The van der Waals surface area contributed by atoms with Gasteiger partial charge in [-0.2, -0.15) is 0 Å². The Hall–Kier alpha value is -1.92. The van der Waals surface area contributed by atoms with Crippen molar-refractivity contribution in [3.8, 4) is 0 Å². The molecule has 0 aliphatic heterocycles. The van der Waals surface area contributed by atoms with Crippen molar-refractivity contribution in [3.05, 3.63) is 11.4 Å². The lowest BCUT2D eigenvalue weighted by Crippen LogP contribution is -2.25. The van der Waals surface area contributed by atoms with Gasteiger partial charge in [0, 0.05) is 13.5 Å². The average Bonchev–Trinajstić information content (AvgIpc) is 2.60. The molecule has 18 heavy (non-hydrogen) atoms. The summed E-state index contributed by atoms with van der Waals surface area (Å²) in [5, 5.41) is 19.1. The summed E-state index contributed by atoms with van der Waals surface area (Å²) in [6.07, 6.45) is 0.592. The van der Waals surface area contributed by atoms with Crippen LogP contribution in [0.2, 0.25) is 0 Å². The zero-order chi connectivity index (χ0) is 13.7. The molecule has 1 rings (SSSR count). The minimum Gasteiger partial charge on any atom is -0.476 e. The second-order valence-electron chi connectivity index (χ2n) is 4.49. The molecule has 0 unspecified atom stereocenters. The van der Waals surface area contributed by atoms with Crippen LogP contribution in [0.25, 0.3) is 0 Å². The molecule has 0 fully saturated rings. The van der Waals surface area contributed by atoms with Crippen LogP contribution in [0.4, 0.5) is 0 Å². The van der Waals surface area contributed by atoms with Crippen molar-refractivity contribution in [2.75, 3.05) is 6.54 Å². The second kappa shape index (κ2) is 6.13. The molecule has 1 heterocycles. The van der Waals surface area contributed by atoms with Crippen LogP contribution in [0.3, 0.4) is 0 Å². The molecule has 0 radical (unpaired) electrons. The Morgan fingerprint density at radius 2 is 2.11 bits per heavy atom. The highest BCUT2D eigenvalue weighted by atomic mass is 16.4. The quantitative estimate of drug-likeness (QED) is 0.761. The monoisotopic (exact) mass is 254 g/mol. The molecule has 0 aliphatic carbocycles. The molecule has 0 aliphatic rings. The third kappa shape index (κ3) is 3.83. The third-order valence-electron chi connectivity index (χ3n) is 2.34. The first-order valence-electron chi connectivity index (χ1n) is 5.82. The minimum absolute atomic E-state index is 0.00785. The topological polar surface area (TPSA) is 97.1 Å². The van der Waals surface area contributed by atoms with Crippen molar-refractivity contribution in [2.24, 2.45) is 5.92 Å². The molecule has 7 nitrogen and oxygen atoms in total. The van der Waals surface area contributed by atoms with E-state index < -0.39 is 5.97 Å². The van der Waals surface area contributed by atoms with E-state index in [9.17, 15) is 9.59 Å². The molecule has 100 valence electrons. The molecule has 0 atom stereocenters. The highest BCUT2D eigenvalue weighted by Crippen LogP contribution is 2.11. The smallest absolute Gasteiger partial charge is 0.358 e. The molecule has 0 bridgehead atoms. The number of nitrogens with one attached hydrogen (secondary N) is 1. The molecule has 0 saturated heterocycles. The fourth-order valence-electron chi connectivity index (χ4n) is 1.61. The number of hydrogen-bond donors (Lipinski definition) is 2. The van der Waals surface area contributed by atoms with Crippen molar-refractivity contribution in [1.82, 2.24) is 20.3 Å². The maximum absolute atomic E-state index is 11.0.